The molecular formula is C15H21N3O2. The summed E-state index contributed by atoms with van der Waals surface area (Å²) in [6.45, 7) is 1.73. The van der Waals surface area contributed by atoms with Crippen molar-refractivity contribution in [2.24, 2.45) is 5.73 Å². The second-order valence-corrected chi connectivity index (χ2v) is 5.05. The number of amides is 2. The Morgan fingerprint density at radius 1 is 1.35 bits per heavy atom. The van der Waals surface area contributed by atoms with E-state index in [-0.39, 0.29) is 17.9 Å². The zero-order valence-corrected chi connectivity index (χ0v) is 11.5. The third-order valence-corrected chi connectivity index (χ3v) is 3.45. The van der Waals surface area contributed by atoms with Gasteiger partial charge >= 0.3 is 0 Å². The van der Waals surface area contributed by atoms with Gasteiger partial charge in [0.15, 0.2) is 0 Å². The van der Waals surface area contributed by atoms with Crippen LogP contribution in [0.5, 0.6) is 0 Å². The number of carbonyl (C=O) groups is 2. The largest absolute Gasteiger partial charge is 0.344 e. The van der Waals surface area contributed by atoms with Crippen LogP contribution in [0.25, 0.3) is 0 Å². The lowest BCUT2D eigenvalue weighted by Crippen LogP contribution is -2.44. The number of carbonyl (C=O) groups excluding carboxylic acids is 2. The molecule has 1 atom stereocenters. The van der Waals surface area contributed by atoms with Gasteiger partial charge in [-0.15, -0.1) is 0 Å². The van der Waals surface area contributed by atoms with Crippen LogP contribution in [0.1, 0.15) is 24.8 Å². The normalized spacial score (nSPS) is 17.9. The summed E-state index contributed by atoms with van der Waals surface area (Å²) < 4.78 is 0. The molecular weight excluding hydrogens is 254 g/mol. The number of rotatable bonds is 6. The van der Waals surface area contributed by atoms with Crippen LogP contribution in [0.4, 0.5) is 0 Å². The Morgan fingerprint density at radius 3 is 2.70 bits per heavy atom. The molecule has 3 N–H and O–H groups in total. The summed E-state index contributed by atoms with van der Waals surface area (Å²) in [6.07, 6.45) is 1.79. The van der Waals surface area contributed by atoms with Gasteiger partial charge in [0.1, 0.15) is 6.04 Å². The predicted octanol–water partition coefficient (Wildman–Crippen LogP) is 0.643. The van der Waals surface area contributed by atoms with Crippen LogP contribution < -0.4 is 11.1 Å². The average molecular weight is 275 g/mol. The summed E-state index contributed by atoms with van der Waals surface area (Å²) >= 11 is 0. The Balaban J connectivity index is 2.02. The highest BCUT2D eigenvalue weighted by atomic mass is 16.2. The van der Waals surface area contributed by atoms with Crippen LogP contribution in [0, 0.1) is 0 Å². The third-order valence-electron chi connectivity index (χ3n) is 3.45. The number of nitrogens with two attached hydrogens (primary N) is 1. The fourth-order valence-electron chi connectivity index (χ4n) is 2.37. The Bertz CT molecular complexity index is 461. The number of benzene rings is 1. The van der Waals surface area contributed by atoms with Crippen molar-refractivity contribution in [1.29, 1.82) is 0 Å². The summed E-state index contributed by atoms with van der Waals surface area (Å²) in [5.41, 5.74) is 6.62. The van der Waals surface area contributed by atoms with E-state index in [9.17, 15) is 9.59 Å². The fraction of sp³-hybridized carbons (Fsp3) is 0.467. The molecule has 1 aliphatic heterocycles. The highest BCUT2D eigenvalue weighted by Gasteiger charge is 2.30. The summed E-state index contributed by atoms with van der Waals surface area (Å²) in [6, 6.07) is 9.49. The Hall–Kier alpha value is -1.88. The van der Waals surface area contributed by atoms with Crippen LogP contribution in [0.15, 0.2) is 30.3 Å². The molecule has 0 bridgehead atoms. The summed E-state index contributed by atoms with van der Waals surface area (Å²) in [7, 11) is 0. The lowest BCUT2D eigenvalue weighted by Gasteiger charge is -2.25. The SMILES string of the molecule is NCCCN(Cc1ccccc1)C(=O)[C@H]1CCC(=O)N1. The zero-order valence-electron chi connectivity index (χ0n) is 11.5. The van der Waals surface area contributed by atoms with Crippen LogP contribution in [-0.4, -0.2) is 35.8 Å². The number of nitrogens with zero attached hydrogens (tertiary/aromatic N) is 1. The minimum Gasteiger partial charge on any atom is -0.344 e. The standard InChI is InChI=1S/C15H21N3O2/c16-9-4-10-18(11-12-5-2-1-3-6-12)15(20)13-7-8-14(19)17-13/h1-3,5-6,13H,4,7-11,16H2,(H,17,19)/t13-/m1/s1. The molecule has 0 spiro atoms. The van der Waals surface area contributed by atoms with E-state index in [2.05, 4.69) is 5.32 Å². The number of hydrogen-bond donors (Lipinski definition) is 2. The van der Waals surface area contributed by atoms with Crippen molar-refractivity contribution in [2.75, 3.05) is 13.1 Å². The van der Waals surface area contributed by atoms with Gasteiger partial charge in [0, 0.05) is 19.5 Å². The Kier molecular flexibility index (Phi) is 5.12. The van der Waals surface area contributed by atoms with Gasteiger partial charge < -0.3 is 16.0 Å². The lowest BCUT2D eigenvalue weighted by molar-refractivity contribution is -0.135. The topological polar surface area (TPSA) is 75.4 Å². The maximum atomic E-state index is 12.5. The molecule has 108 valence electrons. The minimum absolute atomic E-state index is 0.00634. The van der Waals surface area contributed by atoms with Crippen molar-refractivity contribution in [3.63, 3.8) is 0 Å². The van der Waals surface area contributed by atoms with E-state index < -0.39 is 0 Å². The molecule has 0 aliphatic carbocycles. The monoisotopic (exact) mass is 275 g/mol. The smallest absolute Gasteiger partial charge is 0.245 e. The van der Waals surface area contributed by atoms with Gasteiger partial charge in [0.2, 0.25) is 11.8 Å². The van der Waals surface area contributed by atoms with Crippen molar-refractivity contribution in [2.45, 2.75) is 31.8 Å². The zero-order chi connectivity index (χ0) is 14.4. The predicted molar refractivity (Wildman–Crippen MR) is 76.7 cm³/mol. The van der Waals surface area contributed by atoms with Crippen molar-refractivity contribution in [1.82, 2.24) is 10.2 Å². The molecule has 2 rings (SSSR count). The minimum atomic E-state index is -0.371. The lowest BCUT2D eigenvalue weighted by atomic mass is 10.1. The van der Waals surface area contributed by atoms with Crippen LogP contribution >= 0.6 is 0 Å². The van der Waals surface area contributed by atoms with E-state index in [1.165, 1.54) is 0 Å². The van der Waals surface area contributed by atoms with Crippen molar-refractivity contribution < 1.29 is 9.59 Å². The highest BCUT2D eigenvalue weighted by molar-refractivity contribution is 5.90. The van der Waals surface area contributed by atoms with Crippen LogP contribution in [-0.2, 0) is 16.1 Å². The second kappa shape index (κ2) is 7.05. The molecule has 1 saturated heterocycles. The first-order chi connectivity index (χ1) is 9.70. The first kappa shape index (κ1) is 14.5. The van der Waals surface area contributed by atoms with Gasteiger partial charge in [0.05, 0.1) is 0 Å². The van der Waals surface area contributed by atoms with Crippen LogP contribution in [0.3, 0.4) is 0 Å². The molecule has 2 amide bonds. The van der Waals surface area contributed by atoms with E-state index in [0.29, 0.717) is 32.5 Å². The molecule has 1 aliphatic rings. The second-order valence-electron chi connectivity index (χ2n) is 5.05. The molecule has 5 heteroatoms. The molecule has 0 unspecified atom stereocenters. The Morgan fingerprint density at radius 2 is 2.10 bits per heavy atom. The highest BCUT2D eigenvalue weighted by Crippen LogP contribution is 2.13. The fourth-order valence-corrected chi connectivity index (χ4v) is 2.37. The van der Waals surface area contributed by atoms with E-state index in [4.69, 9.17) is 5.73 Å². The van der Waals surface area contributed by atoms with Gasteiger partial charge in [-0.05, 0) is 24.9 Å². The molecule has 1 fully saturated rings. The molecule has 0 radical (unpaired) electrons. The van der Waals surface area contributed by atoms with Gasteiger partial charge in [-0.1, -0.05) is 30.3 Å². The average Bonchev–Trinajstić information content (AvgIpc) is 2.90. The van der Waals surface area contributed by atoms with Crippen molar-refractivity contribution >= 4 is 11.8 Å². The molecule has 0 aromatic heterocycles. The number of nitrogens with one attached hydrogen (secondary N) is 1. The maximum absolute atomic E-state index is 12.5. The van der Waals surface area contributed by atoms with E-state index >= 15 is 0 Å². The van der Waals surface area contributed by atoms with E-state index in [1.807, 2.05) is 30.3 Å². The van der Waals surface area contributed by atoms with Gasteiger partial charge in [-0.25, -0.2) is 0 Å². The number of hydrogen-bond acceptors (Lipinski definition) is 3. The van der Waals surface area contributed by atoms with E-state index in [0.717, 1.165) is 12.0 Å². The van der Waals surface area contributed by atoms with Gasteiger partial charge in [0.25, 0.3) is 0 Å². The Labute approximate surface area is 119 Å². The quantitative estimate of drug-likeness (QED) is 0.800. The molecule has 0 saturated carbocycles. The molecule has 20 heavy (non-hydrogen) atoms. The van der Waals surface area contributed by atoms with Gasteiger partial charge in [-0.3, -0.25) is 9.59 Å². The van der Waals surface area contributed by atoms with Crippen molar-refractivity contribution in [3.05, 3.63) is 35.9 Å². The maximum Gasteiger partial charge on any atom is 0.245 e. The first-order valence-electron chi connectivity index (χ1n) is 7.03. The summed E-state index contributed by atoms with van der Waals surface area (Å²) in [5.74, 6) is -0.0463. The first-order valence-corrected chi connectivity index (χ1v) is 7.03. The summed E-state index contributed by atoms with van der Waals surface area (Å²) in [5, 5.41) is 2.73. The van der Waals surface area contributed by atoms with Crippen LogP contribution in [0.2, 0.25) is 0 Å². The van der Waals surface area contributed by atoms with E-state index in [1.54, 1.807) is 4.90 Å². The third kappa shape index (κ3) is 3.81. The molecule has 1 aromatic rings. The molecule has 1 heterocycles. The molecule has 1 aromatic carbocycles. The summed E-state index contributed by atoms with van der Waals surface area (Å²) in [4.78, 5) is 25.5. The van der Waals surface area contributed by atoms with Crippen molar-refractivity contribution in [3.8, 4) is 0 Å². The van der Waals surface area contributed by atoms with Gasteiger partial charge in [-0.2, -0.15) is 0 Å². The molecule has 5 nitrogen and oxygen atoms in total.